The number of anilines is 3. The van der Waals surface area contributed by atoms with E-state index in [-0.39, 0.29) is 0 Å². The molecule has 1 aliphatic carbocycles. The van der Waals surface area contributed by atoms with Crippen LogP contribution in [0.3, 0.4) is 0 Å². The van der Waals surface area contributed by atoms with Gasteiger partial charge in [-0.3, -0.25) is 0 Å². The second-order valence-electron chi connectivity index (χ2n) is 14.2. The molecule has 0 fully saturated rings. The van der Waals surface area contributed by atoms with Crippen molar-refractivity contribution < 1.29 is 8.83 Å². The monoisotopic (exact) mass is 679 g/mol. The third-order valence-corrected chi connectivity index (χ3v) is 11.4. The van der Waals surface area contributed by atoms with Crippen molar-refractivity contribution in [3.63, 3.8) is 0 Å². The molecule has 0 amide bonds. The summed E-state index contributed by atoms with van der Waals surface area (Å²) in [7, 11) is 0. The highest BCUT2D eigenvalue weighted by Gasteiger charge is 2.43. The third-order valence-electron chi connectivity index (χ3n) is 11.4. The van der Waals surface area contributed by atoms with E-state index in [0.717, 1.165) is 60.9 Å². The Morgan fingerprint density at radius 2 is 0.925 bits per heavy atom. The summed E-state index contributed by atoms with van der Waals surface area (Å²) in [5, 5.41) is 4.35. The van der Waals surface area contributed by atoms with Gasteiger partial charge in [-0.15, -0.1) is 0 Å². The molecule has 8 aromatic carbocycles. The van der Waals surface area contributed by atoms with Crippen molar-refractivity contribution >= 4 is 60.9 Å². The summed E-state index contributed by atoms with van der Waals surface area (Å²) in [5.41, 5.74) is 14.9. The topological polar surface area (TPSA) is 29.5 Å². The fourth-order valence-corrected chi connectivity index (χ4v) is 8.87. The average molecular weight is 680 g/mol. The van der Waals surface area contributed by atoms with Crippen LogP contribution in [0.5, 0.6) is 0 Å². The highest BCUT2D eigenvalue weighted by atomic mass is 16.3. The van der Waals surface area contributed by atoms with Crippen LogP contribution in [0, 0.1) is 0 Å². The number of fused-ring (bicyclic) bond motifs is 9. The smallest absolute Gasteiger partial charge is 0.137 e. The number of benzene rings is 8. The second-order valence-corrected chi connectivity index (χ2v) is 14.2. The first-order valence-electron chi connectivity index (χ1n) is 18.2. The van der Waals surface area contributed by atoms with E-state index in [9.17, 15) is 0 Å². The Balaban J connectivity index is 1.26. The van der Waals surface area contributed by atoms with Crippen LogP contribution in [0.25, 0.3) is 66.1 Å². The summed E-state index contributed by atoms with van der Waals surface area (Å²) < 4.78 is 13.0. The molecule has 0 saturated carbocycles. The van der Waals surface area contributed by atoms with Crippen LogP contribution in [-0.2, 0) is 5.41 Å². The van der Waals surface area contributed by atoms with E-state index in [1.54, 1.807) is 0 Å². The maximum absolute atomic E-state index is 6.66. The van der Waals surface area contributed by atoms with Crippen molar-refractivity contribution in [2.75, 3.05) is 4.90 Å². The predicted octanol–water partition coefficient (Wildman–Crippen LogP) is 14.0. The van der Waals surface area contributed by atoms with Gasteiger partial charge in [0, 0.05) is 32.9 Å². The van der Waals surface area contributed by atoms with Crippen LogP contribution in [0.2, 0.25) is 0 Å². The van der Waals surface area contributed by atoms with Crippen molar-refractivity contribution in [3.8, 4) is 22.3 Å². The van der Waals surface area contributed by atoms with Gasteiger partial charge in [-0.1, -0.05) is 133 Å². The minimum absolute atomic E-state index is 0.469. The quantitative estimate of drug-likeness (QED) is 0.181. The fourth-order valence-electron chi connectivity index (χ4n) is 8.87. The van der Waals surface area contributed by atoms with E-state index >= 15 is 0 Å². The van der Waals surface area contributed by atoms with Gasteiger partial charge in [0.1, 0.15) is 22.3 Å². The molecule has 11 rings (SSSR count). The van der Waals surface area contributed by atoms with E-state index in [1.165, 1.54) is 38.9 Å². The minimum Gasteiger partial charge on any atom is -0.456 e. The summed E-state index contributed by atoms with van der Waals surface area (Å²) in [6, 6.07) is 65.1. The molecule has 0 spiro atoms. The van der Waals surface area contributed by atoms with Crippen LogP contribution < -0.4 is 4.90 Å². The summed E-state index contributed by atoms with van der Waals surface area (Å²) in [5.74, 6) is 0. The number of furan rings is 2. The van der Waals surface area contributed by atoms with Gasteiger partial charge >= 0.3 is 0 Å². The Kier molecular flexibility index (Phi) is 6.38. The molecule has 53 heavy (non-hydrogen) atoms. The highest BCUT2D eigenvalue weighted by Crippen LogP contribution is 2.57. The molecule has 0 atom stereocenters. The van der Waals surface area contributed by atoms with Crippen molar-refractivity contribution in [2.24, 2.45) is 0 Å². The van der Waals surface area contributed by atoms with E-state index in [0.29, 0.717) is 0 Å². The molecular formula is C50H33NO2. The third kappa shape index (κ3) is 4.34. The van der Waals surface area contributed by atoms with Gasteiger partial charge in [0.15, 0.2) is 0 Å². The van der Waals surface area contributed by atoms with Gasteiger partial charge in [-0.05, 0) is 94.4 Å². The Labute approximate surface area is 307 Å². The van der Waals surface area contributed by atoms with E-state index in [4.69, 9.17) is 8.83 Å². The molecule has 0 N–H and O–H groups in total. The lowest BCUT2D eigenvalue weighted by Crippen LogP contribution is -2.26. The summed E-state index contributed by atoms with van der Waals surface area (Å²) in [6.45, 7) is 2.40. The van der Waals surface area contributed by atoms with Crippen molar-refractivity contribution in [2.45, 2.75) is 12.3 Å². The van der Waals surface area contributed by atoms with Crippen LogP contribution in [0.1, 0.15) is 23.6 Å². The second kappa shape index (κ2) is 11.3. The van der Waals surface area contributed by atoms with Crippen LogP contribution >= 0.6 is 0 Å². The Bertz CT molecular complexity index is 2980. The molecule has 0 radical (unpaired) electrons. The maximum atomic E-state index is 6.66. The van der Waals surface area contributed by atoms with Crippen molar-refractivity contribution in [1.82, 2.24) is 0 Å². The zero-order chi connectivity index (χ0) is 35.1. The van der Waals surface area contributed by atoms with Crippen molar-refractivity contribution in [3.05, 3.63) is 199 Å². The maximum Gasteiger partial charge on any atom is 0.137 e. The van der Waals surface area contributed by atoms with Crippen molar-refractivity contribution in [1.29, 1.82) is 0 Å². The molecule has 0 aliphatic heterocycles. The Morgan fingerprint density at radius 1 is 0.396 bits per heavy atom. The number of hydrogen-bond donors (Lipinski definition) is 0. The first-order chi connectivity index (χ1) is 26.2. The van der Waals surface area contributed by atoms with Gasteiger partial charge < -0.3 is 13.7 Å². The fraction of sp³-hybridized carbons (Fsp3) is 0.0400. The van der Waals surface area contributed by atoms with E-state index in [1.807, 2.05) is 18.2 Å². The molecule has 1 aliphatic rings. The van der Waals surface area contributed by atoms with Crippen LogP contribution in [-0.4, -0.2) is 0 Å². The van der Waals surface area contributed by atoms with E-state index < -0.39 is 5.41 Å². The van der Waals surface area contributed by atoms with Gasteiger partial charge in [-0.2, -0.15) is 0 Å². The first-order valence-corrected chi connectivity index (χ1v) is 18.2. The molecule has 0 saturated heterocycles. The number of rotatable bonds is 5. The minimum atomic E-state index is -0.469. The molecule has 2 heterocycles. The van der Waals surface area contributed by atoms with E-state index in [2.05, 4.69) is 176 Å². The normalized spacial score (nSPS) is 13.2. The standard InChI is InChI=1S/C50H33NO2/c1-50(41-19-9-5-15-36(41)37-16-6-10-20-42(37)50)43-28-30-47-48(39-18-8-12-22-45(39)53-47)49(43)51(34-25-23-33(24-26-34)32-13-3-2-4-14-32)35-27-29-46-40(31-35)38-17-7-11-21-44(38)52-46/h2-31H,1H3. The highest BCUT2D eigenvalue weighted by molar-refractivity contribution is 6.15. The molecule has 3 heteroatoms. The molecule has 250 valence electrons. The lowest BCUT2D eigenvalue weighted by molar-refractivity contribution is 0.667. The predicted molar refractivity (Wildman–Crippen MR) is 219 cm³/mol. The van der Waals surface area contributed by atoms with Crippen LogP contribution in [0.4, 0.5) is 17.1 Å². The number of nitrogens with zero attached hydrogens (tertiary/aromatic N) is 1. The molecule has 3 nitrogen and oxygen atoms in total. The lowest BCUT2D eigenvalue weighted by atomic mass is 9.73. The molecule has 10 aromatic rings. The molecule has 2 aromatic heterocycles. The number of hydrogen-bond acceptors (Lipinski definition) is 3. The number of para-hydroxylation sites is 2. The van der Waals surface area contributed by atoms with Gasteiger partial charge in [-0.25, -0.2) is 0 Å². The Hall–Kier alpha value is -6.84. The zero-order valence-electron chi connectivity index (χ0n) is 29.1. The van der Waals surface area contributed by atoms with Gasteiger partial charge in [0.25, 0.3) is 0 Å². The summed E-state index contributed by atoms with van der Waals surface area (Å²) >= 11 is 0. The summed E-state index contributed by atoms with van der Waals surface area (Å²) in [6.07, 6.45) is 0. The zero-order valence-corrected chi connectivity index (χ0v) is 29.1. The largest absolute Gasteiger partial charge is 0.456 e. The molecular weight excluding hydrogens is 647 g/mol. The Morgan fingerprint density at radius 3 is 1.66 bits per heavy atom. The van der Waals surface area contributed by atoms with Gasteiger partial charge in [0.05, 0.1) is 11.1 Å². The van der Waals surface area contributed by atoms with Gasteiger partial charge in [0.2, 0.25) is 0 Å². The molecule has 0 unspecified atom stereocenters. The molecule has 0 bridgehead atoms. The summed E-state index contributed by atoms with van der Waals surface area (Å²) in [4.78, 5) is 2.45. The van der Waals surface area contributed by atoms with Crippen LogP contribution in [0.15, 0.2) is 191 Å². The first kappa shape index (κ1) is 29.8. The average Bonchev–Trinajstić information content (AvgIpc) is 3.87. The lowest BCUT2D eigenvalue weighted by Gasteiger charge is -2.35. The SMILES string of the molecule is CC1(c2ccc3oc4ccccc4c3c2N(c2ccc(-c3ccccc3)cc2)c2ccc3oc4ccccc4c3c2)c2ccccc2-c2ccccc21.